The number of benzene rings is 1. The molecule has 1 aromatic heterocycles. The van der Waals surface area contributed by atoms with Gasteiger partial charge in [-0.05, 0) is 23.6 Å². The number of amides is 1. The van der Waals surface area contributed by atoms with E-state index in [1.54, 1.807) is 12.5 Å². The van der Waals surface area contributed by atoms with Crippen LogP contribution in [-0.2, 0) is 11.3 Å². The zero-order chi connectivity index (χ0) is 15.4. The first-order chi connectivity index (χ1) is 10.7. The Bertz CT molecular complexity index is 607. The molecular formula is C17H21N3O2. The molecule has 1 saturated heterocycles. The maximum absolute atomic E-state index is 12.6. The van der Waals surface area contributed by atoms with E-state index in [1.807, 2.05) is 39.9 Å². The van der Waals surface area contributed by atoms with Crippen LogP contribution in [0.15, 0.2) is 43.0 Å². The highest BCUT2D eigenvalue weighted by Gasteiger charge is 2.20. The van der Waals surface area contributed by atoms with Gasteiger partial charge in [-0.15, -0.1) is 0 Å². The van der Waals surface area contributed by atoms with Crippen molar-refractivity contribution in [2.75, 3.05) is 26.3 Å². The normalized spacial score (nSPS) is 19.0. The summed E-state index contributed by atoms with van der Waals surface area (Å²) in [5.41, 5.74) is 1.89. The fourth-order valence-corrected chi connectivity index (χ4v) is 2.69. The molecule has 0 aliphatic carbocycles. The third kappa shape index (κ3) is 3.54. The van der Waals surface area contributed by atoms with Crippen molar-refractivity contribution in [1.82, 2.24) is 14.5 Å². The quantitative estimate of drug-likeness (QED) is 0.871. The van der Waals surface area contributed by atoms with E-state index in [9.17, 15) is 4.79 Å². The van der Waals surface area contributed by atoms with Crippen molar-refractivity contribution in [2.24, 2.45) is 5.92 Å². The van der Waals surface area contributed by atoms with Gasteiger partial charge in [0, 0.05) is 37.6 Å². The Balaban J connectivity index is 1.67. The van der Waals surface area contributed by atoms with Crippen LogP contribution >= 0.6 is 0 Å². The van der Waals surface area contributed by atoms with Gasteiger partial charge in [-0.3, -0.25) is 4.79 Å². The summed E-state index contributed by atoms with van der Waals surface area (Å²) in [5.74, 6) is 0.471. The van der Waals surface area contributed by atoms with E-state index >= 15 is 0 Å². The maximum Gasteiger partial charge on any atom is 0.253 e. The summed E-state index contributed by atoms with van der Waals surface area (Å²) < 4.78 is 7.50. The first kappa shape index (κ1) is 14.8. The van der Waals surface area contributed by atoms with Crippen LogP contribution in [0.3, 0.4) is 0 Å². The summed E-state index contributed by atoms with van der Waals surface area (Å²) in [7, 11) is 0. The lowest BCUT2D eigenvalue weighted by Crippen LogP contribution is -2.35. The van der Waals surface area contributed by atoms with Crippen LogP contribution in [0.4, 0.5) is 0 Å². The van der Waals surface area contributed by atoms with Crippen LogP contribution in [0.2, 0.25) is 0 Å². The Morgan fingerprint density at radius 3 is 2.91 bits per heavy atom. The van der Waals surface area contributed by atoms with Crippen LogP contribution < -0.4 is 0 Å². The lowest BCUT2D eigenvalue weighted by Gasteiger charge is -2.22. The van der Waals surface area contributed by atoms with Gasteiger partial charge < -0.3 is 14.2 Å². The second kappa shape index (κ2) is 6.75. The highest BCUT2D eigenvalue weighted by Crippen LogP contribution is 2.13. The molecule has 116 valence electrons. The molecule has 1 fully saturated rings. The third-order valence-electron chi connectivity index (χ3n) is 3.85. The van der Waals surface area contributed by atoms with E-state index in [4.69, 9.17) is 4.74 Å². The zero-order valence-electron chi connectivity index (χ0n) is 12.8. The summed E-state index contributed by atoms with van der Waals surface area (Å²) in [6.45, 7) is 5.65. The molecule has 1 aromatic carbocycles. The highest BCUT2D eigenvalue weighted by molar-refractivity contribution is 5.94. The Labute approximate surface area is 130 Å². The predicted octanol–water partition coefficient (Wildman–Crippen LogP) is 2.04. The molecule has 1 atom stereocenters. The molecule has 0 bridgehead atoms. The number of hydrogen-bond donors (Lipinski definition) is 0. The Morgan fingerprint density at radius 2 is 2.18 bits per heavy atom. The highest BCUT2D eigenvalue weighted by atomic mass is 16.5. The van der Waals surface area contributed by atoms with Crippen molar-refractivity contribution in [1.29, 1.82) is 0 Å². The minimum atomic E-state index is 0.0894. The summed E-state index contributed by atoms with van der Waals surface area (Å²) in [6, 6.07) is 7.83. The summed E-state index contributed by atoms with van der Waals surface area (Å²) >= 11 is 0. The number of nitrogens with zero attached hydrogens (tertiary/aromatic N) is 3. The van der Waals surface area contributed by atoms with Gasteiger partial charge in [-0.2, -0.15) is 0 Å². The minimum Gasteiger partial charge on any atom is -0.379 e. The molecule has 0 N–H and O–H groups in total. The Hall–Kier alpha value is -2.14. The predicted molar refractivity (Wildman–Crippen MR) is 83.7 cm³/mol. The van der Waals surface area contributed by atoms with Gasteiger partial charge in [0.05, 0.1) is 19.5 Å². The second-order valence-corrected chi connectivity index (χ2v) is 5.86. The summed E-state index contributed by atoms with van der Waals surface area (Å²) in [5, 5.41) is 0. The molecule has 22 heavy (non-hydrogen) atoms. The van der Waals surface area contributed by atoms with Crippen LogP contribution in [0.5, 0.6) is 0 Å². The number of imidazole rings is 1. The fourth-order valence-electron chi connectivity index (χ4n) is 2.69. The lowest BCUT2D eigenvalue weighted by atomic mass is 10.1. The van der Waals surface area contributed by atoms with Crippen LogP contribution in [0.1, 0.15) is 22.8 Å². The molecule has 0 radical (unpaired) electrons. The lowest BCUT2D eigenvalue weighted by molar-refractivity contribution is 0.0738. The molecule has 1 aliphatic heterocycles. The molecule has 2 aromatic rings. The third-order valence-corrected chi connectivity index (χ3v) is 3.85. The number of aromatic nitrogens is 2. The van der Waals surface area contributed by atoms with Crippen LogP contribution in [0.25, 0.3) is 0 Å². The molecule has 0 spiro atoms. The van der Waals surface area contributed by atoms with Gasteiger partial charge >= 0.3 is 0 Å². The molecule has 3 rings (SSSR count). The van der Waals surface area contributed by atoms with Crippen molar-refractivity contribution in [3.8, 4) is 0 Å². The van der Waals surface area contributed by atoms with Crippen molar-refractivity contribution in [3.05, 3.63) is 54.1 Å². The van der Waals surface area contributed by atoms with E-state index < -0.39 is 0 Å². The average Bonchev–Trinajstić information content (AvgIpc) is 2.94. The monoisotopic (exact) mass is 299 g/mol. The SMILES string of the molecule is CC1COCCN(C(=O)c2ccc(Cn3ccnc3)cc2)C1. The van der Waals surface area contributed by atoms with Crippen molar-refractivity contribution in [3.63, 3.8) is 0 Å². The zero-order valence-corrected chi connectivity index (χ0v) is 12.8. The summed E-state index contributed by atoms with van der Waals surface area (Å²) in [4.78, 5) is 18.5. The number of carbonyl (C=O) groups excluding carboxylic acids is 1. The molecular weight excluding hydrogens is 278 g/mol. The molecule has 0 saturated carbocycles. The number of carbonyl (C=O) groups is 1. The van der Waals surface area contributed by atoms with Crippen molar-refractivity contribution in [2.45, 2.75) is 13.5 Å². The summed E-state index contributed by atoms with van der Waals surface area (Å²) in [6.07, 6.45) is 5.48. The van der Waals surface area contributed by atoms with Gasteiger partial charge in [-0.25, -0.2) is 4.98 Å². The van der Waals surface area contributed by atoms with Gasteiger partial charge in [0.15, 0.2) is 0 Å². The van der Waals surface area contributed by atoms with Gasteiger partial charge in [0.25, 0.3) is 5.91 Å². The molecule has 5 nitrogen and oxygen atoms in total. The van der Waals surface area contributed by atoms with E-state index in [-0.39, 0.29) is 5.91 Å². The number of ether oxygens (including phenoxy) is 1. The standard InChI is InChI=1S/C17H21N3O2/c1-14-10-20(8-9-22-12-14)17(21)16-4-2-15(3-5-16)11-19-7-6-18-13-19/h2-7,13-14H,8-12H2,1H3. The van der Waals surface area contributed by atoms with Crippen molar-refractivity contribution >= 4 is 5.91 Å². The molecule has 5 heteroatoms. The number of rotatable bonds is 3. The van der Waals surface area contributed by atoms with Gasteiger partial charge in [-0.1, -0.05) is 19.1 Å². The molecule has 1 unspecified atom stereocenters. The topological polar surface area (TPSA) is 47.4 Å². The molecule has 1 amide bonds. The van der Waals surface area contributed by atoms with E-state index in [2.05, 4.69) is 11.9 Å². The smallest absolute Gasteiger partial charge is 0.253 e. The van der Waals surface area contributed by atoms with Crippen LogP contribution in [-0.4, -0.2) is 46.7 Å². The average molecular weight is 299 g/mol. The Kier molecular flexibility index (Phi) is 4.53. The van der Waals surface area contributed by atoms with E-state index in [0.717, 1.165) is 30.8 Å². The van der Waals surface area contributed by atoms with Crippen LogP contribution in [0, 0.1) is 5.92 Å². The maximum atomic E-state index is 12.6. The van der Waals surface area contributed by atoms with E-state index in [1.165, 1.54) is 0 Å². The van der Waals surface area contributed by atoms with Gasteiger partial charge in [0.2, 0.25) is 0 Å². The second-order valence-electron chi connectivity index (χ2n) is 5.86. The largest absolute Gasteiger partial charge is 0.379 e. The minimum absolute atomic E-state index is 0.0894. The fraction of sp³-hybridized carbons (Fsp3) is 0.412. The molecule has 2 heterocycles. The first-order valence-electron chi connectivity index (χ1n) is 7.64. The first-order valence-corrected chi connectivity index (χ1v) is 7.64. The van der Waals surface area contributed by atoms with Gasteiger partial charge in [0.1, 0.15) is 0 Å². The number of hydrogen-bond acceptors (Lipinski definition) is 3. The molecule has 1 aliphatic rings. The van der Waals surface area contributed by atoms with Crippen molar-refractivity contribution < 1.29 is 9.53 Å². The van der Waals surface area contributed by atoms with E-state index in [0.29, 0.717) is 19.1 Å². The Morgan fingerprint density at radius 1 is 1.36 bits per heavy atom.